The number of aliphatic hydroxyl groups excluding tert-OH is 1. The Kier molecular flexibility index (Phi) is 2.90. The number of aryl methyl sites for hydroxylation is 1. The second-order valence-electron chi connectivity index (χ2n) is 5.25. The maximum absolute atomic E-state index is 12.2. The van der Waals surface area contributed by atoms with E-state index in [1.807, 2.05) is 20.8 Å². The lowest BCUT2D eigenvalue weighted by Crippen LogP contribution is -2.42. The van der Waals surface area contributed by atoms with Gasteiger partial charge in [-0.05, 0) is 40.0 Å². The highest BCUT2D eigenvalue weighted by atomic mass is 16.3. The molecule has 1 aromatic heterocycles. The molecule has 1 aliphatic rings. The van der Waals surface area contributed by atoms with Gasteiger partial charge in [0.1, 0.15) is 11.5 Å². The number of fused-ring (bicyclic) bond motifs is 1. The van der Waals surface area contributed by atoms with Gasteiger partial charge in [-0.1, -0.05) is 6.92 Å². The largest absolute Gasteiger partial charge is 0.465 e. The monoisotopic (exact) mass is 236 g/mol. The van der Waals surface area contributed by atoms with Crippen LogP contribution >= 0.6 is 0 Å². The van der Waals surface area contributed by atoms with Crippen LogP contribution in [0.15, 0.2) is 9.21 Å². The third-order valence-corrected chi connectivity index (χ3v) is 4.33. The molecule has 1 N–H and O–H groups in total. The van der Waals surface area contributed by atoms with E-state index in [0.29, 0.717) is 29.9 Å². The predicted octanol–water partition coefficient (Wildman–Crippen LogP) is 2.23. The first kappa shape index (κ1) is 12.4. The molecule has 1 aromatic rings. The maximum atomic E-state index is 12.2. The highest BCUT2D eigenvalue weighted by Crippen LogP contribution is 2.39. The quantitative estimate of drug-likeness (QED) is 0.813. The molecule has 0 amide bonds. The molecule has 0 radical (unpaired) electrons. The van der Waals surface area contributed by atoms with E-state index in [9.17, 15) is 9.90 Å². The molecular formula is C14H20O3. The van der Waals surface area contributed by atoms with E-state index in [1.54, 1.807) is 6.92 Å². The standard InChI is InChI=1S/C14H20O3/c1-5-14(4)11(15)7-6-10-12(16)8(2)9(3)17-13(10)14/h11,15H,5-7H2,1-4H3/t11-,14+/m1/s1. The van der Waals surface area contributed by atoms with Crippen molar-refractivity contribution in [3.63, 3.8) is 0 Å². The molecule has 1 aliphatic carbocycles. The zero-order valence-electron chi connectivity index (χ0n) is 11.0. The Morgan fingerprint density at radius 1 is 1.47 bits per heavy atom. The second-order valence-corrected chi connectivity index (χ2v) is 5.25. The zero-order valence-corrected chi connectivity index (χ0v) is 11.0. The van der Waals surface area contributed by atoms with Crippen LogP contribution in [0.25, 0.3) is 0 Å². The summed E-state index contributed by atoms with van der Waals surface area (Å²) < 4.78 is 5.83. The van der Waals surface area contributed by atoms with Crippen molar-refractivity contribution in [3.8, 4) is 0 Å². The van der Waals surface area contributed by atoms with E-state index in [1.165, 1.54) is 0 Å². The first-order chi connectivity index (χ1) is 7.91. The summed E-state index contributed by atoms with van der Waals surface area (Å²) in [5.41, 5.74) is 1.13. The number of hydrogen-bond donors (Lipinski definition) is 1. The Bertz CT molecular complexity index is 501. The summed E-state index contributed by atoms with van der Waals surface area (Å²) in [5, 5.41) is 10.2. The van der Waals surface area contributed by atoms with Crippen molar-refractivity contribution in [2.24, 2.45) is 0 Å². The summed E-state index contributed by atoms with van der Waals surface area (Å²) in [4.78, 5) is 12.2. The van der Waals surface area contributed by atoms with Crippen LogP contribution in [0, 0.1) is 13.8 Å². The molecule has 0 saturated carbocycles. The van der Waals surface area contributed by atoms with Crippen LogP contribution in [0.5, 0.6) is 0 Å². The van der Waals surface area contributed by atoms with Crippen LogP contribution in [0.1, 0.15) is 49.3 Å². The van der Waals surface area contributed by atoms with Gasteiger partial charge in [-0.25, -0.2) is 0 Å². The Labute approximate surface area is 101 Å². The summed E-state index contributed by atoms with van der Waals surface area (Å²) in [6, 6.07) is 0. The molecule has 0 aromatic carbocycles. The summed E-state index contributed by atoms with van der Waals surface area (Å²) in [6.45, 7) is 7.62. The SMILES string of the molecule is CC[C@]1(C)c2oc(C)c(C)c(=O)c2CC[C@H]1O. The van der Waals surface area contributed by atoms with Crippen molar-refractivity contribution in [3.05, 3.63) is 32.9 Å². The van der Waals surface area contributed by atoms with Crippen molar-refractivity contribution in [2.75, 3.05) is 0 Å². The maximum Gasteiger partial charge on any atom is 0.191 e. The molecule has 0 fully saturated rings. The van der Waals surface area contributed by atoms with E-state index in [0.717, 1.165) is 12.0 Å². The van der Waals surface area contributed by atoms with E-state index < -0.39 is 11.5 Å². The van der Waals surface area contributed by atoms with Crippen LogP contribution in [0.2, 0.25) is 0 Å². The molecule has 0 spiro atoms. The van der Waals surface area contributed by atoms with E-state index >= 15 is 0 Å². The summed E-state index contributed by atoms with van der Waals surface area (Å²) in [5.74, 6) is 1.37. The summed E-state index contributed by atoms with van der Waals surface area (Å²) in [6.07, 6.45) is 1.61. The highest BCUT2D eigenvalue weighted by molar-refractivity contribution is 5.34. The topological polar surface area (TPSA) is 50.4 Å². The zero-order chi connectivity index (χ0) is 12.8. The van der Waals surface area contributed by atoms with Gasteiger partial charge < -0.3 is 9.52 Å². The molecule has 0 bridgehead atoms. The van der Waals surface area contributed by atoms with Crippen molar-refractivity contribution in [1.29, 1.82) is 0 Å². The average molecular weight is 236 g/mol. The molecule has 2 atom stereocenters. The van der Waals surface area contributed by atoms with Crippen molar-refractivity contribution in [2.45, 2.75) is 58.5 Å². The third kappa shape index (κ3) is 1.64. The van der Waals surface area contributed by atoms with Gasteiger partial charge in [0.05, 0.1) is 11.5 Å². The molecule has 3 heteroatoms. The van der Waals surface area contributed by atoms with Gasteiger partial charge in [-0.2, -0.15) is 0 Å². The molecule has 2 rings (SSSR count). The normalized spacial score (nSPS) is 27.9. The third-order valence-electron chi connectivity index (χ3n) is 4.33. The Balaban J connectivity index is 2.74. The predicted molar refractivity (Wildman–Crippen MR) is 66.4 cm³/mol. The fourth-order valence-corrected chi connectivity index (χ4v) is 2.62. The molecule has 17 heavy (non-hydrogen) atoms. The highest BCUT2D eigenvalue weighted by Gasteiger charge is 2.42. The number of aliphatic hydroxyl groups is 1. The molecule has 94 valence electrons. The van der Waals surface area contributed by atoms with Crippen LogP contribution in [0.4, 0.5) is 0 Å². The van der Waals surface area contributed by atoms with Crippen LogP contribution < -0.4 is 5.43 Å². The van der Waals surface area contributed by atoms with E-state index in [2.05, 4.69) is 0 Å². The minimum absolute atomic E-state index is 0.0929. The Hall–Kier alpha value is -1.09. The summed E-state index contributed by atoms with van der Waals surface area (Å²) in [7, 11) is 0. The van der Waals surface area contributed by atoms with Gasteiger partial charge in [0.15, 0.2) is 5.43 Å². The first-order valence-corrected chi connectivity index (χ1v) is 6.23. The van der Waals surface area contributed by atoms with E-state index in [-0.39, 0.29) is 5.43 Å². The molecule has 0 aliphatic heterocycles. The van der Waals surface area contributed by atoms with Crippen LogP contribution in [-0.4, -0.2) is 11.2 Å². The van der Waals surface area contributed by atoms with Crippen LogP contribution in [0.3, 0.4) is 0 Å². The fraction of sp³-hybridized carbons (Fsp3) is 0.643. The number of rotatable bonds is 1. The summed E-state index contributed by atoms with van der Waals surface area (Å²) >= 11 is 0. The smallest absolute Gasteiger partial charge is 0.191 e. The molecule has 3 nitrogen and oxygen atoms in total. The Morgan fingerprint density at radius 2 is 2.12 bits per heavy atom. The van der Waals surface area contributed by atoms with Gasteiger partial charge in [-0.15, -0.1) is 0 Å². The number of hydrogen-bond acceptors (Lipinski definition) is 3. The molecule has 0 unspecified atom stereocenters. The average Bonchev–Trinajstić information content (AvgIpc) is 2.32. The van der Waals surface area contributed by atoms with Crippen molar-refractivity contribution >= 4 is 0 Å². The lowest BCUT2D eigenvalue weighted by atomic mass is 9.71. The van der Waals surface area contributed by atoms with Gasteiger partial charge in [0.25, 0.3) is 0 Å². The first-order valence-electron chi connectivity index (χ1n) is 6.23. The van der Waals surface area contributed by atoms with Gasteiger partial charge in [-0.3, -0.25) is 4.79 Å². The lowest BCUT2D eigenvalue weighted by molar-refractivity contribution is 0.0532. The lowest BCUT2D eigenvalue weighted by Gasteiger charge is -2.37. The fourth-order valence-electron chi connectivity index (χ4n) is 2.62. The Morgan fingerprint density at radius 3 is 2.71 bits per heavy atom. The molecule has 0 saturated heterocycles. The minimum Gasteiger partial charge on any atom is -0.465 e. The second kappa shape index (κ2) is 3.98. The molecular weight excluding hydrogens is 216 g/mol. The van der Waals surface area contributed by atoms with Gasteiger partial charge in [0, 0.05) is 11.1 Å². The van der Waals surface area contributed by atoms with Gasteiger partial charge >= 0.3 is 0 Å². The van der Waals surface area contributed by atoms with Crippen LogP contribution in [-0.2, 0) is 11.8 Å². The van der Waals surface area contributed by atoms with E-state index in [4.69, 9.17) is 4.42 Å². The van der Waals surface area contributed by atoms with Crippen molar-refractivity contribution in [1.82, 2.24) is 0 Å². The molecule has 1 heterocycles. The minimum atomic E-state index is -0.426. The van der Waals surface area contributed by atoms with Crippen molar-refractivity contribution < 1.29 is 9.52 Å². The van der Waals surface area contributed by atoms with Gasteiger partial charge in [0.2, 0.25) is 0 Å².